The molecular formula is C16H23BrO2. The summed E-state index contributed by atoms with van der Waals surface area (Å²) in [4.78, 5) is 0.406. The van der Waals surface area contributed by atoms with Gasteiger partial charge in [0.15, 0.2) is 11.5 Å². The molecule has 1 heterocycles. The van der Waals surface area contributed by atoms with E-state index in [1.807, 2.05) is 6.07 Å². The van der Waals surface area contributed by atoms with E-state index < -0.39 is 0 Å². The monoisotopic (exact) mass is 326 g/mol. The van der Waals surface area contributed by atoms with E-state index >= 15 is 0 Å². The third kappa shape index (κ3) is 3.65. The molecule has 0 aliphatic carbocycles. The molecule has 0 N–H and O–H groups in total. The molecule has 1 aliphatic heterocycles. The average Bonchev–Trinajstić information content (AvgIpc) is 2.46. The number of benzene rings is 1. The minimum Gasteiger partial charge on any atom is -0.486 e. The van der Waals surface area contributed by atoms with Gasteiger partial charge in [0.25, 0.3) is 0 Å². The zero-order valence-electron chi connectivity index (χ0n) is 11.8. The largest absolute Gasteiger partial charge is 0.486 e. The summed E-state index contributed by atoms with van der Waals surface area (Å²) in [6.07, 6.45) is 4.99. The zero-order valence-corrected chi connectivity index (χ0v) is 13.4. The summed E-state index contributed by atoms with van der Waals surface area (Å²) in [6.45, 7) is 5.81. The van der Waals surface area contributed by atoms with Gasteiger partial charge < -0.3 is 9.47 Å². The average molecular weight is 327 g/mol. The highest BCUT2D eigenvalue weighted by Gasteiger charge is 2.21. The minimum atomic E-state index is 0.406. The first-order chi connectivity index (χ1) is 9.26. The number of hydrogen-bond acceptors (Lipinski definition) is 2. The van der Waals surface area contributed by atoms with Gasteiger partial charge in [0.1, 0.15) is 13.2 Å². The van der Waals surface area contributed by atoms with Gasteiger partial charge in [-0.15, -0.1) is 0 Å². The smallest absolute Gasteiger partial charge is 0.161 e. The van der Waals surface area contributed by atoms with E-state index in [1.165, 1.54) is 31.2 Å². The van der Waals surface area contributed by atoms with Crippen LogP contribution in [-0.2, 0) is 0 Å². The van der Waals surface area contributed by atoms with Crippen molar-refractivity contribution in [3.63, 3.8) is 0 Å². The maximum absolute atomic E-state index is 5.67. The molecule has 1 aromatic rings. The maximum Gasteiger partial charge on any atom is 0.161 e. The molecule has 0 amide bonds. The maximum atomic E-state index is 5.67. The van der Waals surface area contributed by atoms with Gasteiger partial charge in [-0.25, -0.2) is 0 Å². The van der Waals surface area contributed by atoms with Crippen molar-refractivity contribution in [1.29, 1.82) is 0 Å². The lowest BCUT2D eigenvalue weighted by molar-refractivity contribution is 0.171. The number of halogens is 1. The topological polar surface area (TPSA) is 18.5 Å². The van der Waals surface area contributed by atoms with Gasteiger partial charge in [-0.2, -0.15) is 0 Å². The summed E-state index contributed by atoms with van der Waals surface area (Å²) in [7, 11) is 0. The van der Waals surface area contributed by atoms with Crippen molar-refractivity contribution in [3.05, 3.63) is 23.8 Å². The lowest BCUT2D eigenvalue weighted by atomic mass is 9.91. The van der Waals surface area contributed by atoms with Crippen molar-refractivity contribution in [2.75, 3.05) is 13.2 Å². The summed E-state index contributed by atoms with van der Waals surface area (Å²) >= 11 is 3.89. The van der Waals surface area contributed by atoms with Crippen LogP contribution in [0.25, 0.3) is 0 Å². The highest BCUT2D eigenvalue weighted by Crippen LogP contribution is 2.40. The van der Waals surface area contributed by atoms with Crippen LogP contribution in [0.2, 0.25) is 0 Å². The lowest BCUT2D eigenvalue weighted by Gasteiger charge is -2.24. The SMILES string of the molecule is CCCC(CCC)C(Br)c1ccc2c(c1)OCCO2. The first-order valence-electron chi connectivity index (χ1n) is 7.29. The Bertz CT molecular complexity index is 400. The van der Waals surface area contributed by atoms with Crippen molar-refractivity contribution >= 4 is 15.9 Å². The Morgan fingerprint density at radius 1 is 1.05 bits per heavy atom. The van der Waals surface area contributed by atoms with Crippen LogP contribution in [0.1, 0.15) is 49.9 Å². The fraction of sp³-hybridized carbons (Fsp3) is 0.625. The second kappa shape index (κ2) is 7.18. The molecule has 0 saturated heterocycles. The van der Waals surface area contributed by atoms with Crippen molar-refractivity contribution in [1.82, 2.24) is 0 Å². The van der Waals surface area contributed by atoms with E-state index in [0.29, 0.717) is 24.0 Å². The molecular weight excluding hydrogens is 304 g/mol. The number of alkyl halides is 1. The molecule has 0 bridgehead atoms. The second-order valence-corrected chi connectivity index (χ2v) is 6.13. The van der Waals surface area contributed by atoms with Gasteiger partial charge in [-0.05, 0) is 36.5 Å². The van der Waals surface area contributed by atoms with Crippen LogP contribution in [0.5, 0.6) is 11.5 Å². The van der Waals surface area contributed by atoms with Crippen LogP contribution in [0.3, 0.4) is 0 Å². The zero-order chi connectivity index (χ0) is 13.7. The molecule has 1 aromatic carbocycles. The van der Waals surface area contributed by atoms with E-state index in [-0.39, 0.29) is 0 Å². The van der Waals surface area contributed by atoms with Crippen molar-refractivity contribution in [2.45, 2.75) is 44.4 Å². The Kier molecular flexibility index (Phi) is 5.56. The Balaban J connectivity index is 2.15. The number of hydrogen-bond donors (Lipinski definition) is 0. The molecule has 0 spiro atoms. The predicted molar refractivity (Wildman–Crippen MR) is 82.4 cm³/mol. The molecule has 106 valence electrons. The molecule has 0 fully saturated rings. The molecule has 1 aliphatic rings. The summed E-state index contributed by atoms with van der Waals surface area (Å²) in [5.74, 6) is 2.45. The molecule has 1 atom stereocenters. The second-order valence-electron chi connectivity index (χ2n) is 5.14. The van der Waals surface area contributed by atoms with Crippen molar-refractivity contribution < 1.29 is 9.47 Å². The lowest BCUT2D eigenvalue weighted by Crippen LogP contribution is -2.16. The van der Waals surface area contributed by atoms with Crippen LogP contribution in [-0.4, -0.2) is 13.2 Å². The Morgan fingerprint density at radius 3 is 2.32 bits per heavy atom. The molecule has 0 saturated carbocycles. The summed E-state index contributed by atoms with van der Waals surface area (Å²) in [5.41, 5.74) is 1.30. The highest BCUT2D eigenvalue weighted by atomic mass is 79.9. The van der Waals surface area contributed by atoms with Crippen molar-refractivity contribution in [3.8, 4) is 11.5 Å². The molecule has 2 nitrogen and oxygen atoms in total. The highest BCUT2D eigenvalue weighted by molar-refractivity contribution is 9.09. The van der Waals surface area contributed by atoms with E-state index in [1.54, 1.807) is 0 Å². The first-order valence-corrected chi connectivity index (χ1v) is 8.21. The molecule has 0 aromatic heterocycles. The van der Waals surface area contributed by atoms with Crippen molar-refractivity contribution in [2.24, 2.45) is 5.92 Å². The van der Waals surface area contributed by atoms with Gasteiger partial charge in [0.05, 0.1) is 0 Å². The number of rotatable bonds is 6. The molecule has 1 unspecified atom stereocenters. The quantitative estimate of drug-likeness (QED) is 0.676. The third-order valence-electron chi connectivity index (χ3n) is 3.62. The summed E-state index contributed by atoms with van der Waals surface area (Å²) < 4.78 is 11.2. The van der Waals surface area contributed by atoms with E-state index in [4.69, 9.17) is 9.47 Å². The molecule has 0 radical (unpaired) electrons. The van der Waals surface area contributed by atoms with E-state index in [9.17, 15) is 0 Å². The van der Waals surface area contributed by atoms with Crippen LogP contribution in [0.15, 0.2) is 18.2 Å². The van der Waals surface area contributed by atoms with Gasteiger partial charge >= 0.3 is 0 Å². The van der Waals surface area contributed by atoms with Gasteiger partial charge in [-0.3, -0.25) is 0 Å². The fourth-order valence-electron chi connectivity index (χ4n) is 2.68. The molecule has 2 rings (SSSR count). The van der Waals surface area contributed by atoms with Crippen LogP contribution >= 0.6 is 15.9 Å². The molecule has 19 heavy (non-hydrogen) atoms. The number of fused-ring (bicyclic) bond motifs is 1. The first kappa shape index (κ1) is 14.7. The Labute approximate surface area is 124 Å². The summed E-state index contributed by atoms with van der Waals surface area (Å²) in [5, 5.41) is 0. The number of ether oxygens (including phenoxy) is 2. The van der Waals surface area contributed by atoms with E-state index in [2.05, 4.69) is 41.9 Å². The van der Waals surface area contributed by atoms with Crippen LogP contribution in [0.4, 0.5) is 0 Å². The van der Waals surface area contributed by atoms with Crippen LogP contribution < -0.4 is 9.47 Å². The normalized spacial score (nSPS) is 15.6. The van der Waals surface area contributed by atoms with Gasteiger partial charge in [0.2, 0.25) is 0 Å². The van der Waals surface area contributed by atoms with Gasteiger partial charge in [0, 0.05) is 4.83 Å². The minimum absolute atomic E-state index is 0.406. The van der Waals surface area contributed by atoms with Crippen LogP contribution in [0, 0.1) is 5.92 Å². The third-order valence-corrected chi connectivity index (χ3v) is 4.89. The molecule has 3 heteroatoms. The standard InChI is InChI=1S/C16H23BrO2/c1-3-5-12(6-4-2)16(17)13-7-8-14-15(11-13)19-10-9-18-14/h7-8,11-12,16H,3-6,9-10H2,1-2H3. The van der Waals surface area contributed by atoms with E-state index in [0.717, 1.165) is 11.5 Å². The Hall–Kier alpha value is -0.700. The predicted octanol–water partition coefficient (Wildman–Crippen LogP) is 5.11. The summed E-state index contributed by atoms with van der Waals surface area (Å²) in [6, 6.07) is 6.32. The van der Waals surface area contributed by atoms with Gasteiger partial charge in [-0.1, -0.05) is 48.7 Å². The fourth-order valence-corrected chi connectivity index (χ4v) is 3.50. The Morgan fingerprint density at radius 2 is 1.68 bits per heavy atom.